The quantitative estimate of drug-likeness (QED) is 0.819. The van der Waals surface area contributed by atoms with Crippen LogP contribution in [0.3, 0.4) is 0 Å². The molecule has 2 aromatic rings. The Morgan fingerprint density at radius 1 is 1.36 bits per heavy atom. The van der Waals surface area contributed by atoms with Gasteiger partial charge in [0.2, 0.25) is 5.16 Å². The summed E-state index contributed by atoms with van der Waals surface area (Å²) in [5.41, 5.74) is 2.72. The third kappa shape index (κ3) is 3.19. The molecule has 2 atom stereocenters. The lowest BCUT2D eigenvalue weighted by atomic mass is 10.0. The highest BCUT2D eigenvalue weighted by Crippen LogP contribution is 2.35. The molecule has 7 nitrogen and oxygen atoms in total. The monoisotopic (exact) mass is 357 g/mol. The SMILES string of the molecule is Cc1ccc(C2=Nn3c(nnc3[C@H]3CCCO3)S[C@@H]2CC(=O)[O-])cc1. The summed E-state index contributed by atoms with van der Waals surface area (Å²) in [4.78, 5) is 11.2. The van der Waals surface area contributed by atoms with Crippen LogP contribution in [0.25, 0.3) is 0 Å². The van der Waals surface area contributed by atoms with Gasteiger partial charge in [-0.15, -0.1) is 10.2 Å². The Morgan fingerprint density at radius 2 is 2.16 bits per heavy atom. The predicted octanol–water partition coefficient (Wildman–Crippen LogP) is 1.30. The van der Waals surface area contributed by atoms with Crippen LogP contribution in [0.4, 0.5) is 0 Å². The van der Waals surface area contributed by atoms with Crippen LogP contribution in [0, 0.1) is 6.92 Å². The molecule has 1 aromatic heterocycles. The van der Waals surface area contributed by atoms with Crippen molar-refractivity contribution in [3.8, 4) is 0 Å². The zero-order chi connectivity index (χ0) is 17.4. The second kappa shape index (κ2) is 6.61. The second-order valence-corrected chi connectivity index (χ2v) is 7.36. The van der Waals surface area contributed by atoms with Crippen LogP contribution in [-0.4, -0.2) is 38.4 Å². The van der Waals surface area contributed by atoms with E-state index in [2.05, 4.69) is 10.2 Å². The molecule has 0 radical (unpaired) electrons. The van der Waals surface area contributed by atoms with Crippen LogP contribution in [0.1, 0.15) is 42.3 Å². The fourth-order valence-corrected chi connectivity index (χ4v) is 4.13. The Bertz CT molecular complexity index is 825. The van der Waals surface area contributed by atoms with Crippen molar-refractivity contribution in [2.45, 2.75) is 42.7 Å². The van der Waals surface area contributed by atoms with Gasteiger partial charge in [0.15, 0.2) is 5.82 Å². The first-order valence-electron chi connectivity index (χ1n) is 8.21. The Hall–Kier alpha value is -2.19. The number of fused-ring (bicyclic) bond motifs is 1. The van der Waals surface area contributed by atoms with Crippen molar-refractivity contribution in [1.82, 2.24) is 14.9 Å². The van der Waals surface area contributed by atoms with Gasteiger partial charge in [-0.3, -0.25) is 0 Å². The summed E-state index contributed by atoms with van der Waals surface area (Å²) in [6, 6.07) is 7.89. The van der Waals surface area contributed by atoms with Crippen molar-refractivity contribution < 1.29 is 14.6 Å². The Morgan fingerprint density at radius 3 is 2.84 bits per heavy atom. The minimum atomic E-state index is -1.11. The first-order chi connectivity index (χ1) is 12.1. The van der Waals surface area contributed by atoms with Gasteiger partial charge in [-0.1, -0.05) is 41.6 Å². The van der Waals surface area contributed by atoms with Crippen molar-refractivity contribution >= 4 is 23.4 Å². The standard InChI is InChI=1S/C17H18N4O3S/c1-10-4-6-11(7-5-10)15-13(9-14(22)23)25-17-19-18-16(21(17)20-15)12-3-2-8-24-12/h4-7,12-13H,2-3,8-9H2,1H3,(H,22,23)/p-1/t12-,13-/m1/s1. The van der Waals surface area contributed by atoms with Gasteiger partial charge in [-0.05, 0) is 25.3 Å². The largest absolute Gasteiger partial charge is 0.550 e. The maximum atomic E-state index is 11.2. The van der Waals surface area contributed by atoms with Gasteiger partial charge in [-0.25, -0.2) is 0 Å². The first kappa shape index (κ1) is 16.3. The Kier molecular flexibility index (Phi) is 4.30. The lowest BCUT2D eigenvalue weighted by Crippen LogP contribution is -2.33. The molecule has 1 fully saturated rings. The van der Waals surface area contributed by atoms with E-state index in [1.54, 1.807) is 4.68 Å². The lowest BCUT2D eigenvalue weighted by Gasteiger charge is -2.24. The van der Waals surface area contributed by atoms with Gasteiger partial charge in [0.05, 0.1) is 11.0 Å². The van der Waals surface area contributed by atoms with Crippen LogP contribution in [0.2, 0.25) is 0 Å². The number of rotatable bonds is 4. The number of aliphatic carboxylic acids is 1. The van der Waals surface area contributed by atoms with E-state index in [4.69, 9.17) is 9.84 Å². The molecule has 4 rings (SSSR count). The minimum absolute atomic E-state index is 0.109. The number of carbonyl (C=O) groups excluding carboxylic acids is 1. The third-order valence-electron chi connectivity index (χ3n) is 4.31. The van der Waals surface area contributed by atoms with Crippen molar-refractivity contribution in [2.75, 3.05) is 6.61 Å². The highest BCUT2D eigenvalue weighted by molar-refractivity contribution is 8.00. The van der Waals surface area contributed by atoms with Crippen LogP contribution in [0.15, 0.2) is 34.5 Å². The molecule has 0 N–H and O–H groups in total. The molecule has 2 aliphatic heterocycles. The van der Waals surface area contributed by atoms with Crippen LogP contribution in [-0.2, 0) is 9.53 Å². The molecular formula is C17H17N4O3S-. The van der Waals surface area contributed by atoms with Crippen molar-refractivity contribution in [3.63, 3.8) is 0 Å². The fraction of sp³-hybridized carbons (Fsp3) is 0.412. The highest BCUT2D eigenvalue weighted by Gasteiger charge is 2.32. The maximum Gasteiger partial charge on any atom is 0.212 e. The van der Waals surface area contributed by atoms with Crippen molar-refractivity contribution in [1.29, 1.82) is 0 Å². The van der Waals surface area contributed by atoms with Gasteiger partial charge >= 0.3 is 0 Å². The fourth-order valence-electron chi connectivity index (χ4n) is 3.04. The number of aryl methyl sites for hydroxylation is 1. The summed E-state index contributed by atoms with van der Waals surface area (Å²) in [6.45, 7) is 2.72. The molecule has 0 spiro atoms. The van der Waals surface area contributed by atoms with Gasteiger partial charge in [0.1, 0.15) is 6.10 Å². The van der Waals surface area contributed by atoms with E-state index in [9.17, 15) is 9.90 Å². The number of carboxylic acids is 1. The minimum Gasteiger partial charge on any atom is -0.550 e. The molecule has 0 aliphatic carbocycles. The molecule has 25 heavy (non-hydrogen) atoms. The molecule has 3 heterocycles. The summed E-state index contributed by atoms with van der Waals surface area (Å²) >= 11 is 1.35. The normalized spacial score (nSPS) is 22.5. The number of carbonyl (C=O) groups is 1. The molecule has 1 saturated heterocycles. The second-order valence-electron chi connectivity index (χ2n) is 6.19. The molecule has 0 saturated carbocycles. The van der Waals surface area contributed by atoms with E-state index >= 15 is 0 Å². The number of nitrogens with zero attached hydrogens (tertiary/aromatic N) is 4. The number of thioether (sulfide) groups is 1. The summed E-state index contributed by atoms with van der Waals surface area (Å²) in [5, 5.41) is 24.5. The van der Waals surface area contributed by atoms with Crippen LogP contribution in [0.5, 0.6) is 0 Å². The predicted molar refractivity (Wildman–Crippen MR) is 90.3 cm³/mol. The smallest absolute Gasteiger partial charge is 0.212 e. The number of hydrogen-bond donors (Lipinski definition) is 0. The topological polar surface area (TPSA) is 92.4 Å². The van der Waals surface area contributed by atoms with E-state index in [0.717, 1.165) is 24.0 Å². The van der Waals surface area contributed by atoms with E-state index in [0.29, 0.717) is 23.3 Å². The number of hydrogen-bond acceptors (Lipinski definition) is 7. The summed E-state index contributed by atoms with van der Waals surface area (Å²) in [7, 11) is 0. The average molecular weight is 357 g/mol. The molecule has 130 valence electrons. The molecule has 0 unspecified atom stereocenters. The number of ether oxygens (including phenoxy) is 1. The maximum absolute atomic E-state index is 11.2. The van der Waals surface area contributed by atoms with E-state index in [-0.39, 0.29) is 17.8 Å². The zero-order valence-corrected chi connectivity index (χ0v) is 14.5. The molecule has 2 aliphatic rings. The van der Waals surface area contributed by atoms with Crippen LogP contribution < -0.4 is 5.11 Å². The molecule has 1 aromatic carbocycles. The van der Waals surface area contributed by atoms with Crippen LogP contribution >= 0.6 is 11.8 Å². The van der Waals surface area contributed by atoms with Gasteiger partial charge in [-0.2, -0.15) is 9.78 Å². The lowest BCUT2D eigenvalue weighted by molar-refractivity contribution is -0.305. The molecule has 0 bridgehead atoms. The first-order valence-corrected chi connectivity index (χ1v) is 9.09. The van der Waals surface area contributed by atoms with Crippen molar-refractivity contribution in [3.05, 3.63) is 41.2 Å². The highest BCUT2D eigenvalue weighted by atomic mass is 32.2. The molecule has 0 amide bonds. The summed E-state index contributed by atoms with van der Waals surface area (Å²) < 4.78 is 7.40. The Labute approximate surface area is 149 Å². The molecular weight excluding hydrogens is 340 g/mol. The van der Waals surface area contributed by atoms with Gasteiger partial charge in [0, 0.05) is 19.0 Å². The van der Waals surface area contributed by atoms with Gasteiger partial charge < -0.3 is 14.6 Å². The Balaban J connectivity index is 1.76. The third-order valence-corrected chi connectivity index (χ3v) is 5.45. The number of aromatic nitrogens is 3. The number of carboxylic acid groups (broad SMARTS) is 1. The summed E-state index contributed by atoms with van der Waals surface area (Å²) in [5.74, 6) is -0.430. The number of benzene rings is 1. The van der Waals surface area contributed by atoms with E-state index < -0.39 is 5.97 Å². The van der Waals surface area contributed by atoms with Crippen molar-refractivity contribution in [2.24, 2.45) is 5.10 Å². The molecule has 8 heteroatoms. The zero-order valence-electron chi connectivity index (χ0n) is 13.7. The summed E-state index contributed by atoms with van der Waals surface area (Å²) in [6.07, 6.45) is 1.64. The average Bonchev–Trinajstić information content (AvgIpc) is 3.23. The van der Waals surface area contributed by atoms with E-state index in [1.807, 2.05) is 31.2 Å². The van der Waals surface area contributed by atoms with Gasteiger partial charge in [0.25, 0.3) is 0 Å². The van der Waals surface area contributed by atoms with E-state index in [1.165, 1.54) is 11.8 Å².